The highest BCUT2D eigenvalue weighted by atomic mass is 16.2. The Morgan fingerprint density at radius 2 is 1.93 bits per heavy atom. The summed E-state index contributed by atoms with van der Waals surface area (Å²) in [6, 6.07) is 6.32. The third-order valence-electron chi connectivity index (χ3n) is 6.72. The highest BCUT2D eigenvalue weighted by Gasteiger charge is 2.46. The molecule has 1 aromatic rings. The number of carbonyl (C=O) groups excluding carboxylic acids is 3. The first-order valence-corrected chi connectivity index (χ1v) is 10.2. The van der Waals surface area contributed by atoms with E-state index in [0.29, 0.717) is 19.4 Å². The first-order chi connectivity index (χ1) is 13.0. The van der Waals surface area contributed by atoms with Crippen molar-refractivity contribution in [2.75, 3.05) is 6.54 Å². The van der Waals surface area contributed by atoms with Crippen LogP contribution in [0.25, 0.3) is 0 Å². The van der Waals surface area contributed by atoms with Crippen LogP contribution in [-0.2, 0) is 14.4 Å². The van der Waals surface area contributed by atoms with Gasteiger partial charge in [0.05, 0.1) is 6.04 Å². The molecule has 0 spiro atoms. The lowest BCUT2D eigenvalue weighted by Crippen LogP contribution is -2.56. The number of Topliss-reactive ketones (excluding diaryl/α,β-unsaturated/α-hetero) is 1. The van der Waals surface area contributed by atoms with E-state index in [1.165, 1.54) is 11.1 Å². The Labute approximate surface area is 160 Å². The average Bonchev–Trinajstić information content (AvgIpc) is 3.13. The molecule has 27 heavy (non-hydrogen) atoms. The summed E-state index contributed by atoms with van der Waals surface area (Å²) in [5.74, 6) is -1.00. The molecule has 2 heterocycles. The van der Waals surface area contributed by atoms with E-state index < -0.39 is 5.92 Å². The summed E-state index contributed by atoms with van der Waals surface area (Å²) in [6.45, 7) is 4.85. The number of rotatable bonds is 2. The second-order valence-electron chi connectivity index (χ2n) is 8.40. The van der Waals surface area contributed by atoms with Gasteiger partial charge in [-0.15, -0.1) is 0 Å². The van der Waals surface area contributed by atoms with Gasteiger partial charge in [0, 0.05) is 24.9 Å². The lowest BCUT2D eigenvalue weighted by molar-refractivity contribution is -0.148. The molecular formula is C22H28N2O3. The van der Waals surface area contributed by atoms with E-state index in [4.69, 9.17) is 0 Å². The van der Waals surface area contributed by atoms with Crippen molar-refractivity contribution in [3.8, 4) is 0 Å². The van der Waals surface area contributed by atoms with E-state index in [2.05, 4.69) is 37.4 Å². The average molecular weight is 368 g/mol. The lowest BCUT2D eigenvalue weighted by atomic mass is 9.74. The number of hydrogen-bond donors (Lipinski definition) is 1. The zero-order valence-electron chi connectivity index (χ0n) is 16.2. The maximum absolute atomic E-state index is 13.3. The summed E-state index contributed by atoms with van der Waals surface area (Å²) in [4.78, 5) is 40.1. The summed E-state index contributed by atoms with van der Waals surface area (Å²) in [6.07, 6.45) is 4.51. The topological polar surface area (TPSA) is 66.5 Å². The van der Waals surface area contributed by atoms with E-state index in [1.807, 2.05) is 4.90 Å². The van der Waals surface area contributed by atoms with Gasteiger partial charge in [0.25, 0.3) is 0 Å². The summed E-state index contributed by atoms with van der Waals surface area (Å²) < 4.78 is 0. The summed E-state index contributed by atoms with van der Waals surface area (Å²) >= 11 is 0. The van der Waals surface area contributed by atoms with E-state index in [1.54, 1.807) is 0 Å². The van der Waals surface area contributed by atoms with Crippen LogP contribution in [-0.4, -0.2) is 35.1 Å². The first kappa shape index (κ1) is 18.2. The molecule has 4 rings (SSSR count). The maximum atomic E-state index is 13.3. The Morgan fingerprint density at radius 1 is 1.11 bits per heavy atom. The molecule has 1 saturated carbocycles. The van der Waals surface area contributed by atoms with E-state index in [0.717, 1.165) is 31.2 Å². The van der Waals surface area contributed by atoms with Gasteiger partial charge in [0.15, 0.2) is 0 Å². The van der Waals surface area contributed by atoms with Crippen molar-refractivity contribution in [3.05, 3.63) is 34.9 Å². The van der Waals surface area contributed by atoms with Crippen molar-refractivity contribution in [3.63, 3.8) is 0 Å². The van der Waals surface area contributed by atoms with Crippen molar-refractivity contribution in [2.24, 2.45) is 11.8 Å². The molecule has 2 amide bonds. The van der Waals surface area contributed by atoms with E-state index in [9.17, 15) is 14.4 Å². The van der Waals surface area contributed by atoms with Crippen molar-refractivity contribution in [1.82, 2.24) is 10.2 Å². The standard InChI is InChI=1S/C22H28N2O3/c1-13-8-9-15(11-14(13)2)19-6-4-10-24(19)22(27)17-12-16-18(23-21(17)26)5-3-7-20(16)25/h8-9,11,16-19H,3-7,10,12H2,1-2H3,(H,23,26). The number of amides is 2. The zero-order chi connectivity index (χ0) is 19.1. The molecule has 5 heteroatoms. The Kier molecular flexibility index (Phi) is 4.79. The van der Waals surface area contributed by atoms with Crippen LogP contribution in [0.3, 0.4) is 0 Å². The van der Waals surface area contributed by atoms with E-state index in [-0.39, 0.29) is 35.6 Å². The van der Waals surface area contributed by atoms with Gasteiger partial charge in [-0.25, -0.2) is 0 Å². The molecule has 0 bridgehead atoms. The molecule has 3 fully saturated rings. The van der Waals surface area contributed by atoms with Crippen LogP contribution in [0.4, 0.5) is 0 Å². The smallest absolute Gasteiger partial charge is 0.235 e. The van der Waals surface area contributed by atoms with Crippen LogP contribution < -0.4 is 5.32 Å². The van der Waals surface area contributed by atoms with E-state index >= 15 is 0 Å². The number of benzene rings is 1. The van der Waals surface area contributed by atoms with Gasteiger partial charge in [-0.3, -0.25) is 14.4 Å². The van der Waals surface area contributed by atoms with Crippen LogP contribution in [0.15, 0.2) is 18.2 Å². The second kappa shape index (κ2) is 7.10. The Balaban J connectivity index is 1.54. The number of carbonyl (C=O) groups is 3. The quantitative estimate of drug-likeness (QED) is 0.817. The third-order valence-corrected chi connectivity index (χ3v) is 6.72. The zero-order valence-corrected chi connectivity index (χ0v) is 16.2. The van der Waals surface area contributed by atoms with Gasteiger partial charge in [0.2, 0.25) is 11.8 Å². The SMILES string of the molecule is Cc1ccc(C2CCCN2C(=O)C2CC3C(=O)CCCC3NC2=O)cc1C. The first-order valence-electron chi connectivity index (χ1n) is 10.2. The van der Waals surface area contributed by atoms with Crippen LogP contribution >= 0.6 is 0 Å². The molecule has 5 nitrogen and oxygen atoms in total. The van der Waals surface area contributed by atoms with Crippen molar-refractivity contribution in [2.45, 2.75) is 64.5 Å². The normalized spacial score (nSPS) is 30.8. The maximum Gasteiger partial charge on any atom is 0.235 e. The minimum Gasteiger partial charge on any atom is -0.352 e. The number of ketones is 1. The molecule has 144 valence electrons. The predicted molar refractivity (Wildman–Crippen MR) is 102 cm³/mol. The van der Waals surface area contributed by atoms with Gasteiger partial charge in [-0.1, -0.05) is 18.2 Å². The molecule has 4 atom stereocenters. The third kappa shape index (κ3) is 3.28. The van der Waals surface area contributed by atoms with Crippen molar-refractivity contribution in [1.29, 1.82) is 0 Å². The minimum atomic E-state index is -0.722. The Hall–Kier alpha value is -2.17. The molecule has 1 N–H and O–H groups in total. The lowest BCUT2D eigenvalue weighted by Gasteiger charge is -2.39. The molecule has 3 aliphatic rings. The molecule has 0 radical (unpaired) electrons. The fourth-order valence-electron chi connectivity index (χ4n) is 4.98. The Morgan fingerprint density at radius 3 is 2.70 bits per heavy atom. The predicted octanol–water partition coefficient (Wildman–Crippen LogP) is 2.84. The summed E-state index contributed by atoms with van der Waals surface area (Å²) in [5, 5.41) is 2.97. The number of aryl methyl sites for hydroxylation is 2. The molecule has 4 unspecified atom stereocenters. The van der Waals surface area contributed by atoms with Gasteiger partial charge >= 0.3 is 0 Å². The molecular weight excluding hydrogens is 340 g/mol. The fourth-order valence-corrected chi connectivity index (χ4v) is 4.98. The fraction of sp³-hybridized carbons (Fsp3) is 0.591. The van der Waals surface area contributed by atoms with Gasteiger partial charge < -0.3 is 10.2 Å². The summed E-state index contributed by atoms with van der Waals surface area (Å²) in [5.41, 5.74) is 3.60. The largest absolute Gasteiger partial charge is 0.352 e. The van der Waals surface area contributed by atoms with Crippen molar-refractivity contribution < 1.29 is 14.4 Å². The molecule has 0 aromatic heterocycles. The van der Waals surface area contributed by atoms with Gasteiger partial charge in [-0.05, 0) is 62.6 Å². The monoisotopic (exact) mass is 368 g/mol. The number of nitrogens with one attached hydrogen (secondary N) is 1. The molecule has 1 aromatic carbocycles. The van der Waals surface area contributed by atoms with Crippen LogP contribution in [0, 0.1) is 25.7 Å². The van der Waals surface area contributed by atoms with Crippen LogP contribution in [0.2, 0.25) is 0 Å². The number of hydrogen-bond acceptors (Lipinski definition) is 3. The number of fused-ring (bicyclic) bond motifs is 1. The van der Waals surface area contributed by atoms with Gasteiger partial charge in [-0.2, -0.15) is 0 Å². The highest BCUT2D eigenvalue weighted by molar-refractivity contribution is 6.02. The Bertz CT molecular complexity index is 788. The van der Waals surface area contributed by atoms with Crippen molar-refractivity contribution >= 4 is 17.6 Å². The number of piperidine rings is 1. The molecule has 2 aliphatic heterocycles. The minimum absolute atomic E-state index is 0.0318. The highest BCUT2D eigenvalue weighted by Crippen LogP contribution is 2.37. The second-order valence-corrected chi connectivity index (χ2v) is 8.40. The molecule has 2 saturated heterocycles. The van der Waals surface area contributed by atoms with Crippen LogP contribution in [0.1, 0.15) is 61.3 Å². The van der Waals surface area contributed by atoms with Crippen LogP contribution in [0.5, 0.6) is 0 Å². The summed E-state index contributed by atoms with van der Waals surface area (Å²) in [7, 11) is 0. The number of likely N-dealkylation sites (tertiary alicyclic amines) is 1. The number of nitrogens with zero attached hydrogens (tertiary/aromatic N) is 1. The van der Waals surface area contributed by atoms with Gasteiger partial charge in [0.1, 0.15) is 11.7 Å². The molecule has 1 aliphatic carbocycles.